The Morgan fingerprint density at radius 1 is 1.03 bits per heavy atom. The van der Waals surface area contributed by atoms with Crippen LogP contribution in [0.3, 0.4) is 0 Å². The maximum absolute atomic E-state index is 11.5. The molecule has 4 heterocycles. The minimum absolute atomic E-state index is 0.150. The first-order chi connectivity index (χ1) is 15.8. The fourth-order valence-electron chi connectivity index (χ4n) is 4.62. The molecule has 32 heavy (non-hydrogen) atoms. The van der Waals surface area contributed by atoms with Gasteiger partial charge < -0.3 is 19.4 Å². The molecular formula is C25H30N4O3. The third-order valence-corrected chi connectivity index (χ3v) is 6.39. The number of anilines is 1. The molecule has 168 valence electrons. The molecule has 0 saturated carbocycles. The van der Waals surface area contributed by atoms with Gasteiger partial charge in [-0.05, 0) is 55.1 Å². The summed E-state index contributed by atoms with van der Waals surface area (Å²) in [5.74, 6) is 0.560. The first-order valence-corrected chi connectivity index (χ1v) is 11.5. The summed E-state index contributed by atoms with van der Waals surface area (Å²) in [7, 11) is 0. The third-order valence-electron chi connectivity index (χ3n) is 6.39. The van der Waals surface area contributed by atoms with E-state index in [4.69, 9.17) is 9.47 Å². The van der Waals surface area contributed by atoms with Crippen molar-refractivity contribution in [2.24, 2.45) is 0 Å². The lowest BCUT2D eigenvalue weighted by Crippen LogP contribution is -2.47. The minimum Gasteiger partial charge on any atom is -0.478 e. The summed E-state index contributed by atoms with van der Waals surface area (Å²) < 4.78 is 11.4. The van der Waals surface area contributed by atoms with Gasteiger partial charge in [0.15, 0.2) is 0 Å². The molecule has 0 bridgehead atoms. The zero-order valence-corrected chi connectivity index (χ0v) is 18.4. The van der Waals surface area contributed by atoms with Crippen LogP contribution >= 0.6 is 0 Å². The SMILES string of the molecule is O=c1ccc2ccc(OCCCCN3CCN(c4cccc5c4CCOC5)CC3)nc2[nH]1. The van der Waals surface area contributed by atoms with Gasteiger partial charge in [-0.1, -0.05) is 12.1 Å². The molecule has 0 atom stereocenters. The second-order valence-corrected chi connectivity index (χ2v) is 8.51. The number of pyridine rings is 2. The third kappa shape index (κ3) is 4.79. The van der Waals surface area contributed by atoms with Crippen LogP contribution in [0.5, 0.6) is 5.88 Å². The van der Waals surface area contributed by atoms with Crippen molar-refractivity contribution in [2.75, 3.05) is 50.8 Å². The summed E-state index contributed by atoms with van der Waals surface area (Å²) in [6.07, 6.45) is 3.10. The number of benzene rings is 1. The van der Waals surface area contributed by atoms with Crippen LogP contribution in [-0.2, 0) is 17.8 Å². The molecule has 7 heteroatoms. The van der Waals surface area contributed by atoms with Crippen molar-refractivity contribution in [3.63, 3.8) is 0 Å². The van der Waals surface area contributed by atoms with E-state index in [1.807, 2.05) is 12.1 Å². The predicted molar refractivity (Wildman–Crippen MR) is 126 cm³/mol. The normalized spacial score (nSPS) is 16.8. The molecule has 2 aromatic heterocycles. The summed E-state index contributed by atoms with van der Waals surface area (Å²) in [5, 5.41) is 0.903. The lowest BCUT2D eigenvalue weighted by atomic mass is 10.00. The first-order valence-electron chi connectivity index (χ1n) is 11.5. The van der Waals surface area contributed by atoms with Crippen molar-refractivity contribution >= 4 is 16.7 Å². The van der Waals surface area contributed by atoms with Crippen LogP contribution in [0.4, 0.5) is 5.69 Å². The van der Waals surface area contributed by atoms with Gasteiger partial charge in [0, 0.05) is 49.4 Å². The predicted octanol–water partition coefficient (Wildman–Crippen LogP) is 2.98. The molecule has 5 rings (SSSR count). The number of aromatic amines is 1. The second kappa shape index (κ2) is 9.71. The van der Waals surface area contributed by atoms with Crippen LogP contribution in [0.2, 0.25) is 0 Å². The molecule has 2 aliphatic heterocycles. The number of rotatable bonds is 7. The second-order valence-electron chi connectivity index (χ2n) is 8.51. The van der Waals surface area contributed by atoms with E-state index in [2.05, 4.69) is 38.0 Å². The summed E-state index contributed by atoms with van der Waals surface area (Å²) in [6.45, 7) is 7.65. The number of fused-ring (bicyclic) bond motifs is 2. The molecule has 0 unspecified atom stereocenters. The molecule has 0 radical (unpaired) electrons. The number of hydrogen-bond donors (Lipinski definition) is 1. The number of unbranched alkanes of at least 4 members (excludes halogenated alkanes) is 1. The smallest absolute Gasteiger partial charge is 0.249 e. The Bertz CT molecular complexity index is 1120. The minimum atomic E-state index is -0.150. The van der Waals surface area contributed by atoms with Crippen LogP contribution in [0.1, 0.15) is 24.0 Å². The van der Waals surface area contributed by atoms with E-state index < -0.39 is 0 Å². The molecule has 1 saturated heterocycles. The van der Waals surface area contributed by atoms with E-state index in [-0.39, 0.29) is 5.56 Å². The Balaban J connectivity index is 1.05. The summed E-state index contributed by atoms with van der Waals surface area (Å²) in [5.41, 5.74) is 4.66. The molecule has 0 spiro atoms. The van der Waals surface area contributed by atoms with Crippen molar-refractivity contribution in [3.8, 4) is 5.88 Å². The average molecular weight is 435 g/mol. The van der Waals surface area contributed by atoms with Crippen LogP contribution in [-0.4, -0.2) is 60.8 Å². The lowest BCUT2D eigenvalue weighted by Gasteiger charge is -2.38. The van der Waals surface area contributed by atoms with Crippen LogP contribution < -0.4 is 15.2 Å². The Morgan fingerprint density at radius 3 is 2.81 bits per heavy atom. The van der Waals surface area contributed by atoms with E-state index >= 15 is 0 Å². The number of hydrogen-bond acceptors (Lipinski definition) is 6. The van der Waals surface area contributed by atoms with Gasteiger partial charge in [-0.25, -0.2) is 0 Å². The van der Waals surface area contributed by atoms with Crippen LogP contribution in [0, 0.1) is 0 Å². The summed E-state index contributed by atoms with van der Waals surface area (Å²) >= 11 is 0. The zero-order valence-electron chi connectivity index (χ0n) is 18.4. The maximum atomic E-state index is 11.5. The number of H-pyrrole nitrogens is 1. The zero-order chi connectivity index (χ0) is 21.8. The molecule has 0 amide bonds. The number of nitrogens with zero attached hydrogens (tertiary/aromatic N) is 3. The van der Waals surface area contributed by atoms with Crippen molar-refractivity contribution in [3.05, 3.63) is 63.9 Å². The number of aromatic nitrogens is 2. The quantitative estimate of drug-likeness (QED) is 0.577. The van der Waals surface area contributed by atoms with Gasteiger partial charge >= 0.3 is 0 Å². The summed E-state index contributed by atoms with van der Waals surface area (Å²) in [6, 6.07) is 13.7. The van der Waals surface area contributed by atoms with Crippen molar-refractivity contribution in [2.45, 2.75) is 25.9 Å². The summed E-state index contributed by atoms with van der Waals surface area (Å²) in [4.78, 5) is 23.7. The fourth-order valence-corrected chi connectivity index (χ4v) is 4.62. The molecule has 7 nitrogen and oxygen atoms in total. The Morgan fingerprint density at radius 2 is 1.91 bits per heavy atom. The van der Waals surface area contributed by atoms with Crippen LogP contribution in [0.15, 0.2) is 47.3 Å². The average Bonchev–Trinajstić information content (AvgIpc) is 2.83. The Kier molecular flexibility index (Phi) is 6.36. The van der Waals surface area contributed by atoms with Crippen molar-refractivity contribution in [1.29, 1.82) is 0 Å². The first kappa shape index (κ1) is 21.0. The highest BCUT2D eigenvalue weighted by molar-refractivity contribution is 5.74. The molecule has 0 aliphatic carbocycles. The highest BCUT2D eigenvalue weighted by Gasteiger charge is 2.21. The molecule has 1 aromatic carbocycles. The number of ether oxygens (including phenoxy) is 2. The maximum Gasteiger partial charge on any atom is 0.249 e. The molecule has 1 N–H and O–H groups in total. The number of nitrogens with one attached hydrogen (secondary N) is 1. The van der Waals surface area contributed by atoms with Gasteiger partial charge in [-0.2, -0.15) is 4.98 Å². The Labute approximate surface area is 188 Å². The van der Waals surface area contributed by atoms with Gasteiger partial charge in [0.1, 0.15) is 5.65 Å². The van der Waals surface area contributed by atoms with E-state index in [0.717, 1.165) is 70.6 Å². The number of piperazine rings is 1. The lowest BCUT2D eigenvalue weighted by molar-refractivity contribution is 0.111. The van der Waals surface area contributed by atoms with Gasteiger partial charge in [0.2, 0.25) is 11.4 Å². The topological polar surface area (TPSA) is 70.7 Å². The Hall–Kier alpha value is -2.90. The van der Waals surface area contributed by atoms with Gasteiger partial charge in [0.25, 0.3) is 0 Å². The molecule has 2 aliphatic rings. The highest BCUT2D eigenvalue weighted by Crippen LogP contribution is 2.28. The van der Waals surface area contributed by atoms with Crippen LogP contribution in [0.25, 0.3) is 11.0 Å². The fraction of sp³-hybridized carbons (Fsp3) is 0.440. The molecular weight excluding hydrogens is 404 g/mol. The van der Waals surface area contributed by atoms with Crippen molar-refractivity contribution in [1.82, 2.24) is 14.9 Å². The highest BCUT2D eigenvalue weighted by atomic mass is 16.5. The van der Waals surface area contributed by atoms with E-state index in [0.29, 0.717) is 18.1 Å². The van der Waals surface area contributed by atoms with Gasteiger partial charge in [-0.15, -0.1) is 0 Å². The van der Waals surface area contributed by atoms with E-state index in [9.17, 15) is 4.79 Å². The molecule has 1 fully saturated rings. The van der Waals surface area contributed by atoms with E-state index in [1.165, 1.54) is 22.9 Å². The standard InChI is InChI=1S/C25H30N4O3/c30-23-8-6-19-7-9-24(27-25(19)26-23)32-16-2-1-11-28-12-14-29(15-13-28)22-5-3-4-20-18-31-17-10-21(20)22/h3-9H,1-2,10-18H2,(H,26,27,30). The van der Waals surface area contributed by atoms with Gasteiger partial charge in [-0.3, -0.25) is 9.69 Å². The van der Waals surface area contributed by atoms with Crippen molar-refractivity contribution < 1.29 is 9.47 Å². The van der Waals surface area contributed by atoms with E-state index in [1.54, 1.807) is 6.07 Å². The van der Waals surface area contributed by atoms with Gasteiger partial charge in [0.05, 0.1) is 19.8 Å². The molecule has 3 aromatic rings. The monoisotopic (exact) mass is 434 g/mol. The largest absolute Gasteiger partial charge is 0.478 e.